The van der Waals surface area contributed by atoms with Gasteiger partial charge in [-0.1, -0.05) is 43.7 Å². The van der Waals surface area contributed by atoms with E-state index in [4.69, 9.17) is 4.74 Å². The Labute approximate surface area is 147 Å². The fourth-order valence-electron chi connectivity index (χ4n) is 2.62. The average Bonchev–Trinajstić information content (AvgIpc) is 3.12. The van der Waals surface area contributed by atoms with Crippen molar-refractivity contribution in [3.05, 3.63) is 72.6 Å². The number of benzene rings is 2. The van der Waals surface area contributed by atoms with E-state index in [0.29, 0.717) is 0 Å². The van der Waals surface area contributed by atoms with Gasteiger partial charge in [0.25, 0.3) is 0 Å². The molecular weight excluding hydrogens is 316 g/mol. The highest BCUT2D eigenvalue weighted by Crippen LogP contribution is 2.27. The fourth-order valence-corrected chi connectivity index (χ4v) is 2.98. The molecule has 2 aromatic carbocycles. The van der Waals surface area contributed by atoms with Gasteiger partial charge in [0.15, 0.2) is 0 Å². The molecule has 0 aliphatic rings. The van der Waals surface area contributed by atoms with Crippen LogP contribution in [0.4, 0.5) is 0 Å². The SMILES string of the molecule is CCCC(Oc1ccc(-n2cc(SC)cn2)cc1)c1ccccc1. The normalized spacial score (nSPS) is 12.1. The molecule has 124 valence electrons. The number of hydrogen-bond acceptors (Lipinski definition) is 3. The first kappa shape index (κ1) is 16.7. The van der Waals surface area contributed by atoms with E-state index in [1.807, 2.05) is 47.4 Å². The third-order valence-corrected chi connectivity index (χ3v) is 4.58. The highest BCUT2D eigenvalue weighted by Gasteiger charge is 2.12. The van der Waals surface area contributed by atoms with Crippen LogP contribution in [-0.2, 0) is 0 Å². The van der Waals surface area contributed by atoms with E-state index in [2.05, 4.69) is 42.5 Å². The Morgan fingerprint density at radius 3 is 2.46 bits per heavy atom. The fraction of sp³-hybridized carbons (Fsp3) is 0.250. The first-order valence-corrected chi connectivity index (χ1v) is 9.43. The number of hydrogen-bond donors (Lipinski definition) is 0. The molecule has 0 fully saturated rings. The van der Waals surface area contributed by atoms with Crippen LogP contribution in [0.1, 0.15) is 31.4 Å². The average molecular weight is 338 g/mol. The molecule has 3 aromatic rings. The summed E-state index contributed by atoms with van der Waals surface area (Å²) in [5, 5.41) is 4.38. The van der Waals surface area contributed by atoms with Crippen molar-refractivity contribution in [3.8, 4) is 11.4 Å². The summed E-state index contributed by atoms with van der Waals surface area (Å²) in [5.41, 5.74) is 2.26. The molecule has 0 radical (unpaired) electrons. The minimum absolute atomic E-state index is 0.0925. The van der Waals surface area contributed by atoms with Gasteiger partial charge < -0.3 is 4.74 Å². The quantitative estimate of drug-likeness (QED) is 0.531. The summed E-state index contributed by atoms with van der Waals surface area (Å²) < 4.78 is 8.11. The summed E-state index contributed by atoms with van der Waals surface area (Å²) in [5.74, 6) is 0.887. The molecule has 3 nitrogen and oxygen atoms in total. The summed E-state index contributed by atoms with van der Waals surface area (Å²) in [4.78, 5) is 1.16. The second-order valence-corrected chi connectivity index (χ2v) is 6.50. The number of thioether (sulfide) groups is 1. The van der Waals surface area contributed by atoms with Gasteiger partial charge in [0.05, 0.1) is 11.9 Å². The largest absolute Gasteiger partial charge is 0.486 e. The Morgan fingerprint density at radius 2 is 1.83 bits per heavy atom. The summed E-state index contributed by atoms with van der Waals surface area (Å²) in [6, 6.07) is 18.5. The van der Waals surface area contributed by atoms with E-state index >= 15 is 0 Å². The van der Waals surface area contributed by atoms with E-state index < -0.39 is 0 Å². The lowest BCUT2D eigenvalue weighted by Crippen LogP contribution is -2.07. The van der Waals surface area contributed by atoms with E-state index in [1.54, 1.807) is 11.8 Å². The number of nitrogens with zero attached hydrogens (tertiary/aromatic N) is 2. The van der Waals surface area contributed by atoms with E-state index in [-0.39, 0.29) is 6.10 Å². The van der Waals surface area contributed by atoms with Crippen molar-refractivity contribution in [1.29, 1.82) is 0 Å². The zero-order valence-electron chi connectivity index (χ0n) is 14.1. The molecular formula is C20H22N2OS. The lowest BCUT2D eigenvalue weighted by atomic mass is 10.1. The lowest BCUT2D eigenvalue weighted by Gasteiger charge is -2.19. The summed E-state index contributed by atoms with van der Waals surface area (Å²) in [6.07, 6.45) is 8.14. The molecule has 0 aliphatic heterocycles. The van der Waals surface area contributed by atoms with Crippen molar-refractivity contribution in [1.82, 2.24) is 9.78 Å². The van der Waals surface area contributed by atoms with Crippen molar-refractivity contribution in [2.24, 2.45) is 0 Å². The summed E-state index contributed by atoms with van der Waals surface area (Å²) in [7, 11) is 0. The Bertz CT molecular complexity index is 753. The number of ether oxygens (including phenoxy) is 1. The molecule has 1 unspecified atom stereocenters. The van der Waals surface area contributed by atoms with Gasteiger partial charge >= 0.3 is 0 Å². The van der Waals surface area contributed by atoms with Crippen LogP contribution in [0.2, 0.25) is 0 Å². The van der Waals surface area contributed by atoms with Gasteiger partial charge in [-0.15, -0.1) is 11.8 Å². The van der Waals surface area contributed by atoms with Crippen molar-refractivity contribution in [2.45, 2.75) is 30.8 Å². The van der Waals surface area contributed by atoms with Crippen LogP contribution in [0.3, 0.4) is 0 Å². The Morgan fingerprint density at radius 1 is 1.08 bits per heavy atom. The first-order chi connectivity index (χ1) is 11.8. The lowest BCUT2D eigenvalue weighted by molar-refractivity contribution is 0.194. The van der Waals surface area contributed by atoms with Crippen LogP contribution in [0.15, 0.2) is 71.9 Å². The maximum atomic E-state index is 6.22. The molecule has 0 saturated carbocycles. The van der Waals surface area contributed by atoms with Crippen LogP contribution in [-0.4, -0.2) is 16.0 Å². The van der Waals surface area contributed by atoms with Gasteiger partial charge in [0, 0.05) is 11.1 Å². The van der Waals surface area contributed by atoms with Crippen LogP contribution in [0.25, 0.3) is 5.69 Å². The molecule has 0 aliphatic carbocycles. The molecule has 1 heterocycles. The molecule has 24 heavy (non-hydrogen) atoms. The van der Waals surface area contributed by atoms with E-state index in [9.17, 15) is 0 Å². The maximum absolute atomic E-state index is 6.22. The van der Waals surface area contributed by atoms with E-state index in [0.717, 1.165) is 29.2 Å². The maximum Gasteiger partial charge on any atom is 0.124 e. The predicted molar refractivity (Wildman–Crippen MR) is 100 cm³/mol. The molecule has 0 bridgehead atoms. The van der Waals surface area contributed by atoms with Crippen molar-refractivity contribution < 1.29 is 4.74 Å². The van der Waals surface area contributed by atoms with Crippen molar-refractivity contribution in [2.75, 3.05) is 6.26 Å². The van der Waals surface area contributed by atoms with Crippen molar-refractivity contribution >= 4 is 11.8 Å². The standard InChI is InChI=1S/C20H22N2OS/c1-3-7-20(16-8-5-4-6-9-16)23-18-12-10-17(11-13-18)22-15-19(24-2)14-21-22/h4-6,8-15,20H,3,7H2,1-2H3. The first-order valence-electron chi connectivity index (χ1n) is 8.21. The zero-order chi connectivity index (χ0) is 16.8. The molecule has 1 aromatic heterocycles. The third kappa shape index (κ3) is 4.01. The Hall–Kier alpha value is -2.20. The van der Waals surface area contributed by atoms with Gasteiger partial charge in [0.2, 0.25) is 0 Å². The molecule has 4 heteroatoms. The monoisotopic (exact) mass is 338 g/mol. The van der Waals surface area contributed by atoms with Crippen LogP contribution >= 0.6 is 11.8 Å². The summed E-state index contributed by atoms with van der Waals surface area (Å²) in [6.45, 7) is 2.18. The molecule has 0 N–H and O–H groups in total. The third-order valence-electron chi connectivity index (χ3n) is 3.90. The zero-order valence-corrected chi connectivity index (χ0v) is 14.9. The van der Waals surface area contributed by atoms with Gasteiger partial charge in [-0.25, -0.2) is 4.68 Å². The minimum Gasteiger partial charge on any atom is -0.486 e. The summed E-state index contributed by atoms with van der Waals surface area (Å²) >= 11 is 1.69. The molecule has 1 atom stereocenters. The highest BCUT2D eigenvalue weighted by atomic mass is 32.2. The molecule has 3 rings (SSSR count). The predicted octanol–water partition coefficient (Wildman–Crippen LogP) is 5.51. The van der Waals surface area contributed by atoms with Gasteiger partial charge in [0.1, 0.15) is 11.9 Å². The van der Waals surface area contributed by atoms with Gasteiger partial charge in [-0.2, -0.15) is 5.10 Å². The Balaban J connectivity index is 1.74. The molecule has 0 amide bonds. The van der Waals surface area contributed by atoms with Gasteiger partial charge in [-0.3, -0.25) is 0 Å². The molecule has 0 spiro atoms. The smallest absolute Gasteiger partial charge is 0.124 e. The number of rotatable bonds is 7. The topological polar surface area (TPSA) is 27.1 Å². The molecule has 0 saturated heterocycles. The van der Waals surface area contributed by atoms with E-state index in [1.165, 1.54) is 5.56 Å². The highest BCUT2D eigenvalue weighted by molar-refractivity contribution is 7.98. The Kier molecular flexibility index (Phi) is 5.59. The minimum atomic E-state index is 0.0925. The van der Waals surface area contributed by atoms with Crippen LogP contribution < -0.4 is 4.74 Å². The van der Waals surface area contributed by atoms with Crippen LogP contribution in [0.5, 0.6) is 5.75 Å². The number of aromatic nitrogens is 2. The second kappa shape index (κ2) is 8.06. The van der Waals surface area contributed by atoms with Gasteiger partial charge in [-0.05, 0) is 42.5 Å². The van der Waals surface area contributed by atoms with Crippen molar-refractivity contribution in [3.63, 3.8) is 0 Å². The second-order valence-electron chi connectivity index (χ2n) is 5.62. The van der Waals surface area contributed by atoms with Crippen LogP contribution in [0, 0.1) is 0 Å².